The molecule has 0 unspecified atom stereocenters. The first-order valence-electron chi connectivity index (χ1n) is 12.4. The fourth-order valence-corrected chi connectivity index (χ4v) is 6.54. The average molecular weight is 771 g/mol. The van der Waals surface area contributed by atoms with Crippen LogP contribution in [0.15, 0.2) is 99.2 Å². The molecule has 0 fully saturated rings. The first-order valence-corrected chi connectivity index (χ1v) is 14.6. The lowest BCUT2D eigenvalue weighted by atomic mass is 10.2. The summed E-state index contributed by atoms with van der Waals surface area (Å²) >= 11 is 4.38. The summed E-state index contributed by atoms with van der Waals surface area (Å²) in [4.78, 5) is 18.4. The highest BCUT2D eigenvalue weighted by atomic mass is 127. The van der Waals surface area contributed by atoms with E-state index in [-0.39, 0.29) is 23.8 Å². The second-order valence-electron chi connectivity index (χ2n) is 9.03. The van der Waals surface area contributed by atoms with Crippen LogP contribution in [0.5, 0.6) is 11.5 Å². The van der Waals surface area contributed by atoms with Crippen LogP contribution in [0.2, 0.25) is 0 Å². The molecule has 0 atom stereocenters. The Morgan fingerprint density at radius 2 is 1.76 bits per heavy atom. The van der Waals surface area contributed by atoms with E-state index in [2.05, 4.69) is 50.3 Å². The van der Waals surface area contributed by atoms with E-state index in [0.717, 1.165) is 23.7 Å². The number of nitrogens with zero attached hydrogens (tertiary/aromatic N) is 3. The van der Waals surface area contributed by atoms with Gasteiger partial charge >= 0.3 is 0 Å². The Morgan fingerprint density at radius 1 is 0.976 bits per heavy atom. The number of hydrogen-bond acceptors (Lipinski definition) is 6. The minimum atomic E-state index is -0.325. The quantitative estimate of drug-likeness (QED) is 0.123. The fraction of sp³-hybridized carbons (Fsp3) is 0.0645. The van der Waals surface area contributed by atoms with Gasteiger partial charge in [-0.3, -0.25) is 4.79 Å². The van der Waals surface area contributed by atoms with Crippen molar-refractivity contribution in [3.8, 4) is 23.1 Å². The molecule has 2 aromatic heterocycles. The molecule has 2 heterocycles. The average Bonchev–Trinajstić information content (AvgIpc) is 3.41. The minimum absolute atomic E-state index is 0.237. The summed E-state index contributed by atoms with van der Waals surface area (Å²) in [5.74, 6) is 1.69. The Labute approximate surface area is 260 Å². The van der Waals surface area contributed by atoms with Crippen molar-refractivity contribution < 1.29 is 18.3 Å². The summed E-state index contributed by atoms with van der Waals surface area (Å²) in [6, 6.07) is 24.6. The van der Waals surface area contributed by atoms with Gasteiger partial charge in [0.15, 0.2) is 5.76 Å². The van der Waals surface area contributed by atoms with E-state index < -0.39 is 0 Å². The number of hydrogen-bond donors (Lipinski definition) is 0. The third-order valence-corrected chi connectivity index (χ3v) is 7.93. The first-order chi connectivity index (χ1) is 19.9. The molecule has 41 heavy (non-hydrogen) atoms. The highest BCUT2D eigenvalue weighted by molar-refractivity contribution is 14.1. The molecule has 0 saturated heterocycles. The van der Waals surface area contributed by atoms with Gasteiger partial charge in [-0.05, 0) is 111 Å². The molecule has 0 saturated carbocycles. The number of para-hydroxylation sites is 1. The standard InChI is InChI=1S/C31H20FI2N3O4/c1-39-26-10-5-11-27-22(26)15-28(41-27)30-36-25-9-3-2-8-21(25)31(38)37(30)35-16-19-13-23(33)29(24(34)14-19)40-17-18-6-4-7-20(32)12-18/h2-16H,17H2,1H3. The Kier molecular flexibility index (Phi) is 7.75. The zero-order valence-electron chi connectivity index (χ0n) is 21.5. The molecule has 0 spiro atoms. The van der Waals surface area contributed by atoms with Gasteiger partial charge in [0.05, 0.1) is 36.8 Å². The minimum Gasteiger partial charge on any atom is -0.496 e. The lowest BCUT2D eigenvalue weighted by molar-refractivity contribution is 0.301. The van der Waals surface area contributed by atoms with Gasteiger partial charge in [0.1, 0.15) is 29.5 Å². The van der Waals surface area contributed by atoms with Crippen LogP contribution in [0.4, 0.5) is 4.39 Å². The molecule has 0 radical (unpaired) electrons. The van der Waals surface area contributed by atoms with Crippen LogP contribution >= 0.6 is 45.2 Å². The third kappa shape index (κ3) is 5.58. The lowest BCUT2D eigenvalue weighted by Crippen LogP contribution is -2.20. The van der Waals surface area contributed by atoms with Crippen molar-refractivity contribution in [2.45, 2.75) is 6.61 Å². The van der Waals surface area contributed by atoms with E-state index in [1.54, 1.807) is 43.7 Å². The molecule has 0 N–H and O–H groups in total. The van der Waals surface area contributed by atoms with Crippen LogP contribution in [0.1, 0.15) is 11.1 Å². The van der Waals surface area contributed by atoms with Gasteiger partial charge in [0.2, 0.25) is 5.82 Å². The Balaban J connectivity index is 1.39. The number of fused-ring (bicyclic) bond motifs is 2. The zero-order chi connectivity index (χ0) is 28.5. The number of aromatic nitrogens is 2. The molecule has 7 nitrogen and oxygen atoms in total. The second kappa shape index (κ2) is 11.6. The van der Waals surface area contributed by atoms with Crippen LogP contribution in [0.3, 0.4) is 0 Å². The van der Waals surface area contributed by atoms with E-state index in [1.165, 1.54) is 16.8 Å². The summed E-state index contributed by atoms with van der Waals surface area (Å²) < 4.78 is 34.1. The number of methoxy groups -OCH3 is 1. The van der Waals surface area contributed by atoms with Gasteiger partial charge in [0, 0.05) is 0 Å². The summed E-state index contributed by atoms with van der Waals surface area (Å²) in [5, 5.41) is 5.77. The van der Waals surface area contributed by atoms with Crippen LogP contribution < -0.4 is 15.0 Å². The van der Waals surface area contributed by atoms with Crippen molar-refractivity contribution in [2.75, 3.05) is 7.11 Å². The summed E-state index contributed by atoms with van der Waals surface area (Å²) in [6.45, 7) is 0.237. The predicted octanol–water partition coefficient (Wildman–Crippen LogP) is 7.63. The maximum absolute atomic E-state index is 13.6. The summed E-state index contributed by atoms with van der Waals surface area (Å²) in [6.07, 6.45) is 1.60. The van der Waals surface area contributed by atoms with Crippen molar-refractivity contribution in [2.24, 2.45) is 5.10 Å². The number of benzene rings is 4. The maximum Gasteiger partial charge on any atom is 0.282 e. The number of furan rings is 1. The highest BCUT2D eigenvalue weighted by Crippen LogP contribution is 2.33. The number of ether oxygens (including phenoxy) is 2. The molecule has 4 aromatic carbocycles. The first kappa shape index (κ1) is 27.4. The normalized spacial score (nSPS) is 11.5. The topological polar surface area (TPSA) is 78.9 Å². The van der Waals surface area contributed by atoms with Crippen molar-refractivity contribution in [1.82, 2.24) is 9.66 Å². The van der Waals surface area contributed by atoms with Crippen LogP contribution in [0, 0.1) is 13.0 Å². The van der Waals surface area contributed by atoms with E-state index in [1.807, 2.05) is 42.5 Å². The van der Waals surface area contributed by atoms with Gasteiger partial charge < -0.3 is 13.9 Å². The fourth-order valence-electron chi connectivity index (χ4n) is 4.41. The molecule has 10 heteroatoms. The highest BCUT2D eigenvalue weighted by Gasteiger charge is 2.18. The largest absolute Gasteiger partial charge is 0.496 e. The molecule has 0 bridgehead atoms. The number of halogens is 3. The van der Waals surface area contributed by atoms with E-state index >= 15 is 0 Å². The van der Waals surface area contributed by atoms with Crippen molar-refractivity contribution >= 4 is 73.3 Å². The predicted molar refractivity (Wildman–Crippen MR) is 173 cm³/mol. The van der Waals surface area contributed by atoms with Crippen LogP contribution in [-0.2, 0) is 6.61 Å². The summed E-state index contributed by atoms with van der Waals surface area (Å²) in [7, 11) is 1.59. The zero-order valence-corrected chi connectivity index (χ0v) is 25.8. The van der Waals surface area contributed by atoms with Gasteiger partial charge in [-0.1, -0.05) is 30.3 Å². The maximum atomic E-state index is 13.6. The monoisotopic (exact) mass is 771 g/mol. The van der Waals surface area contributed by atoms with Gasteiger partial charge in [0.25, 0.3) is 5.56 Å². The molecule has 0 aliphatic carbocycles. The Bertz CT molecular complexity index is 2000. The van der Waals surface area contributed by atoms with E-state index in [9.17, 15) is 9.18 Å². The van der Waals surface area contributed by atoms with Crippen molar-refractivity contribution in [3.63, 3.8) is 0 Å². The molecular formula is C31H20FI2N3O4. The smallest absolute Gasteiger partial charge is 0.282 e. The van der Waals surface area contributed by atoms with E-state index in [0.29, 0.717) is 33.7 Å². The number of rotatable bonds is 7. The molecule has 6 rings (SSSR count). The molecular weight excluding hydrogens is 751 g/mol. The van der Waals surface area contributed by atoms with Crippen LogP contribution in [0.25, 0.3) is 33.5 Å². The van der Waals surface area contributed by atoms with Gasteiger partial charge in [-0.15, -0.1) is 0 Å². The second-order valence-corrected chi connectivity index (χ2v) is 11.4. The SMILES string of the molecule is COc1cccc2oc(-c3nc4ccccc4c(=O)n3N=Cc3cc(I)c(OCc4cccc(F)c4)c(I)c3)cc12. The lowest BCUT2D eigenvalue weighted by Gasteiger charge is -2.12. The molecule has 6 aromatic rings. The van der Waals surface area contributed by atoms with Gasteiger partial charge in [-0.25, -0.2) is 9.37 Å². The Morgan fingerprint density at radius 3 is 2.54 bits per heavy atom. The molecule has 0 aliphatic rings. The Hall–Kier alpha value is -3.78. The third-order valence-electron chi connectivity index (χ3n) is 6.33. The summed E-state index contributed by atoms with van der Waals surface area (Å²) in [5.41, 5.74) is 2.31. The van der Waals surface area contributed by atoms with Crippen molar-refractivity contribution in [3.05, 3.63) is 119 Å². The molecule has 0 aliphatic heterocycles. The van der Waals surface area contributed by atoms with E-state index in [4.69, 9.17) is 18.9 Å². The van der Waals surface area contributed by atoms with Crippen molar-refractivity contribution in [1.29, 1.82) is 0 Å². The van der Waals surface area contributed by atoms with Gasteiger partial charge in [-0.2, -0.15) is 9.78 Å². The molecule has 204 valence electrons. The van der Waals surface area contributed by atoms with Crippen LogP contribution in [-0.4, -0.2) is 23.0 Å². The molecule has 0 amide bonds.